The van der Waals surface area contributed by atoms with E-state index in [1.54, 1.807) is 31.2 Å². The van der Waals surface area contributed by atoms with Crippen LogP contribution in [0.4, 0.5) is 11.4 Å². The number of imide groups is 1. The van der Waals surface area contributed by atoms with Gasteiger partial charge in [0.2, 0.25) is 17.7 Å². The third-order valence-electron chi connectivity index (χ3n) is 8.08. The summed E-state index contributed by atoms with van der Waals surface area (Å²) >= 11 is 0. The molecule has 4 aliphatic rings. The molecule has 4 atom stereocenters. The Morgan fingerprint density at radius 1 is 1.11 bits per heavy atom. The molecule has 3 saturated heterocycles. The first-order valence-electron chi connectivity index (χ1n) is 12.2. The number of benzene rings is 2. The molecule has 0 radical (unpaired) electrons. The predicted molar refractivity (Wildman–Crippen MR) is 128 cm³/mol. The molecule has 8 nitrogen and oxygen atoms in total. The van der Waals surface area contributed by atoms with Crippen molar-refractivity contribution in [3.8, 4) is 0 Å². The van der Waals surface area contributed by atoms with Gasteiger partial charge in [0, 0.05) is 17.3 Å². The number of nitrogens with one attached hydrogen (secondary N) is 1. The van der Waals surface area contributed by atoms with Crippen LogP contribution in [0.3, 0.4) is 0 Å². The zero-order valence-electron chi connectivity index (χ0n) is 20.0. The molecule has 3 fully saturated rings. The van der Waals surface area contributed by atoms with Gasteiger partial charge in [-0.2, -0.15) is 0 Å². The summed E-state index contributed by atoms with van der Waals surface area (Å²) in [4.78, 5) is 57.0. The normalized spacial score (nSPS) is 28.9. The topological polar surface area (TPSA) is 96.0 Å². The molecular formula is C27H27N3O5. The van der Waals surface area contributed by atoms with Crippen molar-refractivity contribution in [2.75, 3.05) is 23.4 Å². The molecular weight excluding hydrogens is 446 g/mol. The van der Waals surface area contributed by atoms with Gasteiger partial charge in [0.05, 0.1) is 29.7 Å². The van der Waals surface area contributed by atoms with E-state index in [-0.39, 0.29) is 30.4 Å². The molecule has 8 heteroatoms. The van der Waals surface area contributed by atoms with Gasteiger partial charge in [0.15, 0.2) is 0 Å². The van der Waals surface area contributed by atoms with Gasteiger partial charge in [0.1, 0.15) is 5.54 Å². The zero-order valence-corrected chi connectivity index (χ0v) is 20.0. The maximum absolute atomic E-state index is 14.0. The smallest absolute Gasteiger partial charge is 0.338 e. The minimum absolute atomic E-state index is 0.169. The molecule has 1 N–H and O–H groups in total. The second-order valence-electron chi connectivity index (χ2n) is 9.91. The number of ether oxygens (including phenoxy) is 1. The van der Waals surface area contributed by atoms with E-state index < -0.39 is 23.3 Å². The molecule has 0 unspecified atom stereocenters. The van der Waals surface area contributed by atoms with E-state index in [4.69, 9.17) is 4.74 Å². The van der Waals surface area contributed by atoms with Crippen LogP contribution in [-0.2, 0) is 24.7 Å². The van der Waals surface area contributed by atoms with Gasteiger partial charge in [-0.25, -0.2) is 9.69 Å². The SMILES string of the molecule is CCOC(=O)c1ccc(N2C(=O)[C@H]3[C@H]4CCCN4[C@@]4(C(=O)Nc5c(C)cc(C)cc54)[C@@H]3C2=O)cc1. The maximum Gasteiger partial charge on any atom is 0.338 e. The summed E-state index contributed by atoms with van der Waals surface area (Å²) in [6.45, 7) is 6.60. The van der Waals surface area contributed by atoms with Crippen LogP contribution in [0.1, 0.15) is 46.8 Å². The van der Waals surface area contributed by atoms with E-state index in [0.29, 0.717) is 17.8 Å². The van der Waals surface area contributed by atoms with Crippen molar-refractivity contribution >= 4 is 35.1 Å². The Hall–Kier alpha value is -3.52. The molecule has 2 aromatic rings. The van der Waals surface area contributed by atoms with Gasteiger partial charge in [0.25, 0.3) is 0 Å². The van der Waals surface area contributed by atoms with Gasteiger partial charge >= 0.3 is 5.97 Å². The standard InChI is InChI=1S/C27H27N3O5/c1-4-35-25(33)16-7-9-17(10-8-16)30-23(31)20-19-6-5-11-29(19)27(21(20)24(30)32)18-13-14(2)12-15(3)22(18)28-26(27)34/h7-10,12-13,19-21H,4-6,11H2,1-3H3,(H,28,34)/t19-,20+,21+,27-/m1/s1. The molecule has 2 aromatic carbocycles. The Balaban J connectivity index is 1.46. The summed E-state index contributed by atoms with van der Waals surface area (Å²) in [5.41, 5.74) is 3.09. The van der Waals surface area contributed by atoms with Crippen LogP contribution in [-0.4, -0.2) is 47.8 Å². The molecule has 3 amide bonds. The van der Waals surface area contributed by atoms with Crippen molar-refractivity contribution < 1.29 is 23.9 Å². The fraction of sp³-hybridized carbons (Fsp3) is 0.407. The number of fused-ring (bicyclic) bond motifs is 7. The van der Waals surface area contributed by atoms with Crippen LogP contribution in [0.5, 0.6) is 0 Å². The number of nitrogens with zero attached hydrogens (tertiary/aromatic N) is 2. The van der Waals surface area contributed by atoms with E-state index >= 15 is 0 Å². The first kappa shape index (κ1) is 22.0. The summed E-state index contributed by atoms with van der Waals surface area (Å²) in [6.07, 6.45) is 1.64. The minimum Gasteiger partial charge on any atom is -0.462 e. The van der Waals surface area contributed by atoms with Crippen LogP contribution in [0.2, 0.25) is 0 Å². The highest BCUT2D eigenvalue weighted by Gasteiger charge is 2.74. The molecule has 1 spiro atoms. The first-order valence-corrected chi connectivity index (χ1v) is 12.2. The highest BCUT2D eigenvalue weighted by Crippen LogP contribution is 2.61. The van der Waals surface area contributed by atoms with E-state index in [1.165, 1.54) is 4.90 Å². The first-order chi connectivity index (χ1) is 16.8. The monoisotopic (exact) mass is 473 g/mol. The minimum atomic E-state index is -1.19. The van der Waals surface area contributed by atoms with E-state index in [2.05, 4.69) is 10.2 Å². The third-order valence-corrected chi connectivity index (χ3v) is 8.08. The fourth-order valence-corrected chi connectivity index (χ4v) is 6.88. The van der Waals surface area contributed by atoms with Crippen LogP contribution in [0.15, 0.2) is 36.4 Å². The van der Waals surface area contributed by atoms with Crippen molar-refractivity contribution in [1.82, 2.24) is 4.90 Å². The van der Waals surface area contributed by atoms with Gasteiger partial charge in [-0.3, -0.25) is 19.3 Å². The van der Waals surface area contributed by atoms with Gasteiger partial charge in [-0.05, 0) is 70.0 Å². The van der Waals surface area contributed by atoms with E-state index in [9.17, 15) is 19.2 Å². The number of carbonyl (C=O) groups excluding carboxylic acids is 4. The van der Waals surface area contributed by atoms with E-state index in [1.807, 2.05) is 26.0 Å². The van der Waals surface area contributed by atoms with Crippen molar-refractivity contribution in [2.24, 2.45) is 11.8 Å². The molecule has 4 heterocycles. The highest BCUT2D eigenvalue weighted by atomic mass is 16.5. The average Bonchev–Trinajstić information content (AvgIpc) is 3.53. The van der Waals surface area contributed by atoms with Gasteiger partial charge in [-0.15, -0.1) is 0 Å². The van der Waals surface area contributed by atoms with Crippen LogP contribution >= 0.6 is 0 Å². The van der Waals surface area contributed by atoms with Crippen LogP contribution < -0.4 is 10.2 Å². The van der Waals surface area contributed by atoms with E-state index in [0.717, 1.165) is 35.2 Å². The zero-order chi connectivity index (χ0) is 24.6. The molecule has 0 aliphatic carbocycles. The van der Waals surface area contributed by atoms with Crippen molar-refractivity contribution in [1.29, 1.82) is 0 Å². The number of anilines is 2. The molecule has 4 aliphatic heterocycles. The number of esters is 1. The Morgan fingerprint density at radius 2 is 1.86 bits per heavy atom. The van der Waals surface area contributed by atoms with Crippen LogP contribution in [0, 0.1) is 25.7 Å². The molecule has 180 valence electrons. The second-order valence-corrected chi connectivity index (χ2v) is 9.91. The number of aryl methyl sites for hydroxylation is 2. The Kier molecular flexibility index (Phi) is 4.70. The lowest BCUT2D eigenvalue weighted by molar-refractivity contribution is -0.135. The Morgan fingerprint density at radius 3 is 2.57 bits per heavy atom. The third kappa shape index (κ3) is 2.71. The second kappa shape index (κ2) is 7.49. The predicted octanol–water partition coefficient (Wildman–Crippen LogP) is 2.91. The molecule has 0 saturated carbocycles. The number of rotatable bonds is 3. The maximum atomic E-state index is 14.0. The summed E-state index contributed by atoms with van der Waals surface area (Å²) < 4.78 is 5.03. The van der Waals surface area contributed by atoms with Crippen LogP contribution in [0.25, 0.3) is 0 Å². The van der Waals surface area contributed by atoms with Crippen molar-refractivity contribution in [2.45, 2.75) is 45.2 Å². The lowest BCUT2D eigenvalue weighted by Crippen LogP contribution is -2.54. The Labute approximate surface area is 203 Å². The quantitative estimate of drug-likeness (QED) is 0.544. The summed E-state index contributed by atoms with van der Waals surface area (Å²) in [7, 11) is 0. The molecule has 6 rings (SSSR count). The molecule has 0 bridgehead atoms. The van der Waals surface area contributed by atoms with Crippen molar-refractivity contribution in [3.63, 3.8) is 0 Å². The highest BCUT2D eigenvalue weighted by molar-refractivity contribution is 6.26. The summed E-state index contributed by atoms with van der Waals surface area (Å²) in [5, 5.41) is 3.06. The molecule has 35 heavy (non-hydrogen) atoms. The number of carbonyl (C=O) groups is 4. The fourth-order valence-electron chi connectivity index (χ4n) is 6.88. The Bertz CT molecular complexity index is 1300. The number of amides is 3. The summed E-state index contributed by atoms with van der Waals surface area (Å²) in [5.74, 6) is -2.70. The number of hydrogen-bond donors (Lipinski definition) is 1. The number of hydrogen-bond acceptors (Lipinski definition) is 6. The van der Waals surface area contributed by atoms with Crippen molar-refractivity contribution in [3.05, 3.63) is 58.7 Å². The lowest BCUT2D eigenvalue weighted by Gasteiger charge is -2.36. The average molecular weight is 474 g/mol. The summed E-state index contributed by atoms with van der Waals surface area (Å²) in [6, 6.07) is 10.2. The molecule has 0 aromatic heterocycles. The van der Waals surface area contributed by atoms with Gasteiger partial charge < -0.3 is 10.1 Å². The largest absolute Gasteiger partial charge is 0.462 e. The lowest BCUT2D eigenvalue weighted by atomic mass is 9.75. The van der Waals surface area contributed by atoms with Gasteiger partial charge in [-0.1, -0.05) is 17.7 Å².